The highest BCUT2D eigenvalue weighted by molar-refractivity contribution is 5.95. The zero-order valence-corrected chi connectivity index (χ0v) is 9.26. The largest absolute Gasteiger partial charge is 0.396 e. The van der Waals surface area contributed by atoms with Crippen LogP contribution in [0.25, 0.3) is 0 Å². The summed E-state index contributed by atoms with van der Waals surface area (Å²) in [5.41, 5.74) is 4.36. The topological polar surface area (TPSA) is 55.1 Å². The van der Waals surface area contributed by atoms with E-state index in [1.807, 2.05) is 0 Å². The number of carbonyl (C=O) groups excluding carboxylic acids is 1. The van der Waals surface area contributed by atoms with Crippen LogP contribution in [0.15, 0.2) is 12.1 Å². The Kier molecular flexibility index (Phi) is 4.05. The summed E-state index contributed by atoms with van der Waals surface area (Å²) in [5.74, 6) is -0.181. The van der Waals surface area contributed by atoms with E-state index in [9.17, 15) is 13.6 Å². The number of amides is 1. The van der Waals surface area contributed by atoms with Crippen molar-refractivity contribution in [1.82, 2.24) is 5.32 Å². The summed E-state index contributed by atoms with van der Waals surface area (Å²) in [4.78, 5) is 11.6. The molecule has 90 valence electrons. The molecule has 17 heavy (non-hydrogen) atoms. The van der Waals surface area contributed by atoms with Crippen LogP contribution >= 0.6 is 0 Å². The normalized spacial score (nSPS) is 11.6. The highest BCUT2D eigenvalue weighted by Crippen LogP contribution is 2.17. The van der Waals surface area contributed by atoms with Gasteiger partial charge < -0.3 is 11.1 Å². The van der Waals surface area contributed by atoms with E-state index in [2.05, 4.69) is 11.2 Å². The molecule has 0 heterocycles. The number of terminal acetylenes is 1. The Bertz CT molecular complexity index is 480. The molecular formula is C12H12F2N2O. The van der Waals surface area contributed by atoms with Gasteiger partial charge in [0.25, 0.3) is 5.91 Å². The van der Waals surface area contributed by atoms with Gasteiger partial charge in [0.1, 0.15) is 5.82 Å². The highest BCUT2D eigenvalue weighted by atomic mass is 19.1. The number of rotatable bonds is 3. The molecular weight excluding hydrogens is 226 g/mol. The molecule has 1 aromatic carbocycles. The molecule has 1 atom stereocenters. The summed E-state index contributed by atoms with van der Waals surface area (Å²) < 4.78 is 26.5. The Morgan fingerprint density at radius 2 is 2.24 bits per heavy atom. The fourth-order valence-corrected chi connectivity index (χ4v) is 1.27. The lowest BCUT2D eigenvalue weighted by molar-refractivity contribution is 0.0940. The molecule has 3 nitrogen and oxygen atoms in total. The molecule has 0 radical (unpaired) electrons. The van der Waals surface area contributed by atoms with Crippen LogP contribution in [0.3, 0.4) is 0 Å². The van der Waals surface area contributed by atoms with Gasteiger partial charge in [0.05, 0.1) is 17.3 Å². The van der Waals surface area contributed by atoms with Crippen LogP contribution < -0.4 is 11.1 Å². The number of hydrogen-bond donors (Lipinski definition) is 2. The molecule has 1 amide bonds. The van der Waals surface area contributed by atoms with Gasteiger partial charge in [-0.1, -0.05) is 12.8 Å². The molecule has 0 saturated heterocycles. The van der Waals surface area contributed by atoms with E-state index in [1.165, 1.54) is 0 Å². The molecule has 0 aliphatic heterocycles. The van der Waals surface area contributed by atoms with Crippen molar-refractivity contribution in [3.8, 4) is 12.3 Å². The number of hydrogen-bond acceptors (Lipinski definition) is 2. The van der Waals surface area contributed by atoms with Crippen LogP contribution in [-0.2, 0) is 0 Å². The number of nitrogen functional groups attached to an aromatic ring is 1. The number of carbonyl (C=O) groups is 1. The zero-order valence-electron chi connectivity index (χ0n) is 9.26. The fraction of sp³-hybridized carbons (Fsp3) is 0.250. The fourth-order valence-electron chi connectivity index (χ4n) is 1.27. The van der Waals surface area contributed by atoms with Crippen molar-refractivity contribution < 1.29 is 13.6 Å². The maximum absolute atomic E-state index is 13.5. The number of anilines is 1. The van der Waals surface area contributed by atoms with E-state index in [4.69, 9.17) is 12.2 Å². The van der Waals surface area contributed by atoms with Crippen molar-refractivity contribution >= 4 is 11.6 Å². The van der Waals surface area contributed by atoms with Crippen molar-refractivity contribution in [2.24, 2.45) is 0 Å². The van der Waals surface area contributed by atoms with Gasteiger partial charge in [-0.2, -0.15) is 0 Å². The first-order valence-electron chi connectivity index (χ1n) is 5.01. The van der Waals surface area contributed by atoms with Gasteiger partial charge >= 0.3 is 0 Å². The van der Waals surface area contributed by atoms with E-state index >= 15 is 0 Å². The van der Waals surface area contributed by atoms with Gasteiger partial charge in [-0.15, -0.1) is 6.42 Å². The predicted molar refractivity (Wildman–Crippen MR) is 61.1 cm³/mol. The Morgan fingerprint density at radius 3 is 2.76 bits per heavy atom. The van der Waals surface area contributed by atoms with Crippen LogP contribution in [0, 0.1) is 24.0 Å². The number of halogens is 2. The quantitative estimate of drug-likeness (QED) is 0.622. The second-order valence-corrected chi connectivity index (χ2v) is 3.46. The molecule has 0 aliphatic carbocycles. The standard InChI is InChI=1S/C12H12F2N2O/c1-3-8(4-2)16-12(17)9-5-7(13)6-10(15)11(9)14/h1,5-6,8H,4,15H2,2H3,(H,16,17). The van der Waals surface area contributed by atoms with Crippen molar-refractivity contribution in [3.63, 3.8) is 0 Å². The van der Waals surface area contributed by atoms with Gasteiger partial charge in [-0.05, 0) is 18.6 Å². The molecule has 1 rings (SSSR count). The molecule has 5 heteroatoms. The maximum Gasteiger partial charge on any atom is 0.255 e. The summed E-state index contributed by atoms with van der Waals surface area (Å²) in [5, 5.41) is 2.39. The molecule has 1 unspecified atom stereocenters. The second-order valence-electron chi connectivity index (χ2n) is 3.46. The summed E-state index contributed by atoms with van der Waals surface area (Å²) in [6, 6.07) is 1.07. The minimum Gasteiger partial charge on any atom is -0.396 e. The number of nitrogens with two attached hydrogens (primary N) is 1. The molecule has 0 bridgehead atoms. The first kappa shape index (κ1) is 13.0. The molecule has 0 fully saturated rings. The van der Waals surface area contributed by atoms with Crippen LogP contribution in [0.5, 0.6) is 0 Å². The van der Waals surface area contributed by atoms with E-state index in [-0.39, 0.29) is 0 Å². The van der Waals surface area contributed by atoms with E-state index in [1.54, 1.807) is 6.92 Å². The monoisotopic (exact) mass is 238 g/mol. The van der Waals surface area contributed by atoms with Crippen molar-refractivity contribution in [2.75, 3.05) is 5.73 Å². The van der Waals surface area contributed by atoms with Crippen molar-refractivity contribution in [1.29, 1.82) is 0 Å². The van der Waals surface area contributed by atoms with Crippen molar-refractivity contribution in [2.45, 2.75) is 19.4 Å². The summed E-state index contributed by atoms with van der Waals surface area (Å²) >= 11 is 0. The third kappa shape index (κ3) is 2.94. The predicted octanol–water partition coefficient (Wildman–Crippen LogP) is 1.69. The van der Waals surface area contributed by atoms with Crippen LogP contribution in [0.2, 0.25) is 0 Å². The van der Waals surface area contributed by atoms with Crippen LogP contribution in [-0.4, -0.2) is 11.9 Å². The second kappa shape index (κ2) is 5.30. The first-order valence-corrected chi connectivity index (χ1v) is 5.01. The number of benzene rings is 1. The molecule has 0 saturated carbocycles. The SMILES string of the molecule is C#CC(CC)NC(=O)c1cc(F)cc(N)c1F. The maximum atomic E-state index is 13.5. The smallest absolute Gasteiger partial charge is 0.255 e. The Hall–Kier alpha value is -2.09. The molecule has 0 spiro atoms. The minimum atomic E-state index is -0.948. The summed E-state index contributed by atoms with van der Waals surface area (Å²) in [6.07, 6.45) is 5.64. The number of nitrogens with one attached hydrogen (secondary N) is 1. The lowest BCUT2D eigenvalue weighted by Gasteiger charge is -2.11. The average Bonchev–Trinajstić information content (AvgIpc) is 2.30. The summed E-state index contributed by atoms with van der Waals surface area (Å²) in [6.45, 7) is 1.76. The lowest BCUT2D eigenvalue weighted by Crippen LogP contribution is -2.33. The van der Waals surface area contributed by atoms with Gasteiger partial charge in [-0.25, -0.2) is 8.78 Å². The van der Waals surface area contributed by atoms with Gasteiger partial charge in [0.15, 0.2) is 5.82 Å². The van der Waals surface area contributed by atoms with Gasteiger partial charge in [0.2, 0.25) is 0 Å². The van der Waals surface area contributed by atoms with E-state index in [0.717, 1.165) is 12.1 Å². The third-order valence-corrected chi connectivity index (χ3v) is 2.22. The third-order valence-electron chi connectivity index (χ3n) is 2.22. The van der Waals surface area contributed by atoms with Crippen molar-refractivity contribution in [3.05, 3.63) is 29.3 Å². The molecule has 3 N–H and O–H groups in total. The van der Waals surface area contributed by atoms with Crippen LogP contribution in [0.1, 0.15) is 23.7 Å². The highest BCUT2D eigenvalue weighted by Gasteiger charge is 2.17. The lowest BCUT2D eigenvalue weighted by atomic mass is 10.1. The zero-order chi connectivity index (χ0) is 13.0. The summed E-state index contributed by atoms with van der Waals surface area (Å²) in [7, 11) is 0. The van der Waals surface area contributed by atoms with Crippen LogP contribution in [0.4, 0.5) is 14.5 Å². The molecule has 0 aromatic heterocycles. The average molecular weight is 238 g/mol. The van der Waals surface area contributed by atoms with Gasteiger partial charge in [0, 0.05) is 0 Å². The molecule has 1 aromatic rings. The first-order chi connectivity index (χ1) is 7.99. The van der Waals surface area contributed by atoms with E-state index < -0.39 is 34.8 Å². The minimum absolute atomic E-state index is 0.413. The van der Waals surface area contributed by atoms with Gasteiger partial charge in [-0.3, -0.25) is 4.79 Å². The molecule has 0 aliphatic rings. The Morgan fingerprint density at radius 1 is 1.59 bits per heavy atom. The van der Waals surface area contributed by atoms with E-state index in [0.29, 0.717) is 6.42 Å². The Labute approximate surface area is 98.0 Å². The Balaban J connectivity index is 3.01.